The van der Waals surface area contributed by atoms with Crippen molar-refractivity contribution in [2.24, 2.45) is 0 Å². The molecule has 9 heavy (non-hydrogen) atoms. The molecule has 0 fully saturated rings. The van der Waals surface area contributed by atoms with Crippen LogP contribution in [-0.4, -0.2) is 5.10 Å². The molecule has 0 saturated heterocycles. The number of rotatable bonds is 0. The smallest absolute Gasteiger partial charge is 0.121 e. The third-order valence-electron chi connectivity index (χ3n) is 0.777. The number of aromatic amines is 1. The van der Waals surface area contributed by atoms with E-state index in [1.165, 1.54) is 6.20 Å². The monoisotopic (exact) mass is 165 g/mol. The summed E-state index contributed by atoms with van der Waals surface area (Å²) in [6.45, 7) is 0. The van der Waals surface area contributed by atoms with Gasteiger partial charge in [-0.2, -0.15) is 0 Å². The average molecular weight is 166 g/mol. The van der Waals surface area contributed by atoms with Crippen LogP contribution in [0.1, 0.15) is 0 Å². The number of hydrogen-bond donors (Lipinski definition) is 1. The summed E-state index contributed by atoms with van der Waals surface area (Å²) in [5, 5.41) is 2.86. The fourth-order valence-corrected chi connectivity index (χ4v) is 0.632. The van der Waals surface area contributed by atoms with Crippen LogP contribution < -0.4 is 4.54 Å². The van der Waals surface area contributed by atoms with Crippen LogP contribution in [0.25, 0.3) is 0 Å². The molecule has 0 aromatic carbocycles. The summed E-state index contributed by atoms with van der Waals surface area (Å²) < 4.78 is 0.466. The Morgan fingerprint density at radius 2 is 2.11 bits per heavy atom. The lowest BCUT2D eigenvalue weighted by molar-refractivity contribution is -0.564. The van der Waals surface area contributed by atoms with Gasteiger partial charge in [0.25, 0.3) is 6.20 Å². The maximum absolute atomic E-state index is 10.4. The minimum Gasteiger partial charge on any atom is -0.121 e. The lowest BCUT2D eigenvalue weighted by Gasteiger charge is -1.82. The highest BCUT2D eigenvalue weighted by molar-refractivity contribution is 6.41. The molecular weight excluding hydrogens is 163 g/mol. The fraction of sp³-hybridized carbons (Fsp3) is 0. The summed E-state index contributed by atoms with van der Waals surface area (Å²) in [7, 11) is 0. The van der Waals surface area contributed by atoms with E-state index < -0.39 is 0 Å². The molecule has 0 spiro atoms. The third-order valence-corrected chi connectivity index (χ3v) is 1.49. The van der Waals surface area contributed by atoms with E-state index in [9.17, 15) is 4.91 Å². The van der Waals surface area contributed by atoms with Gasteiger partial charge in [-0.25, -0.2) is 0 Å². The molecule has 5 heteroatoms. The Kier molecular flexibility index (Phi) is 1.73. The lowest BCUT2D eigenvalue weighted by atomic mass is 10.6. The highest BCUT2D eigenvalue weighted by atomic mass is 35.5. The van der Waals surface area contributed by atoms with Crippen molar-refractivity contribution in [1.82, 2.24) is 5.10 Å². The van der Waals surface area contributed by atoms with Crippen LogP contribution in [0.3, 0.4) is 0 Å². The lowest BCUT2D eigenvalue weighted by Crippen LogP contribution is -2.17. The Hall–Kier alpha value is -0.540. The predicted octanol–water partition coefficient (Wildman–Crippen LogP) is 1.24. The minimum atomic E-state index is 0.241. The normalized spacial score (nSPS) is 9.56. The van der Waals surface area contributed by atoms with Crippen LogP contribution in [0.2, 0.25) is 10.0 Å². The zero-order valence-corrected chi connectivity index (χ0v) is 5.78. The molecule has 0 aliphatic heterocycles. The highest BCUT2D eigenvalue weighted by Crippen LogP contribution is 2.15. The molecule has 0 bridgehead atoms. The summed E-state index contributed by atoms with van der Waals surface area (Å²) >= 11 is 10.9. The standard InChI is InChI=1S/C4H3Cl2N2O/c5-3-1-7-8(9)2-4(3)6/h1-2H,(H,7,9)/q+1. The van der Waals surface area contributed by atoms with E-state index in [-0.39, 0.29) is 5.02 Å². The summed E-state index contributed by atoms with van der Waals surface area (Å²) in [4.78, 5) is 10.4. The molecule has 48 valence electrons. The minimum absolute atomic E-state index is 0.241. The van der Waals surface area contributed by atoms with Crippen LogP contribution in [0.4, 0.5) is 0 Å². The molecule has 1 aromatic rings. The van der Waals surface area contributed by atoms with Gasteiger partial charge in [0.05, 0.1) is 16.1 Å². The molecular formula is C4H3Cl2N2O+. The second-order valence-corrected chi connectivity index (χ2v) is 2.24. The summed E-state index contributed by atoms with van der Waals surface area (Å²) in [5.41, 5.74) is 0. The average Bonchev–Trinajstić information content (AvgIpc) is 1.80. The molecule has 0 saturated carbocycles. The quantitative estimate of drug-likeness (QED) is 0.578. The zero-order chi connectivity index (χ0) is 6.85. The van der Waals surface area contributed by atoms with Crippen molar-refractivity contribution in [1.29, 1.82) is 0 Å². The number of hydrogen-bond acceptors (Lipinski definition) is 1. The topological polar surface area (TPSA) is 38.8 Å². The Bertz CT molecular complexity index is 270. The SMILES string of the molecule is O=[n+]1cc(Cl)c(Cl)c[nH]1. The molecule has 1 heterocycles. The summed E-state index contributed by atoms with van der Waals surface area (Å²) in [5.74, 6) is 0. The molecule has 0 atom stereocenters. The Balaban J connectivity index is 3.34. The van der Waals surface area contributed by atoms with Crippen molar-refractivity contribution < 1.29 is 4.54 Å². The molecule has 0 aliphatic rings. The van der Waals surface area contributed by atoms with Gasteiger partial charge in [0, 0.05) is 0 Å². The van der Waals surface area contributed by atoms with Crippen LogP contribution in [-0.2, 0) is 0 Å². The summed E-state index contributed by atoms with van der Waals surface area (Å²) in [6, 6.07) is 0. The Morgan fingerprint density at radius 1 is 1.44 bits per heavy atom. The van der Waals surface area contributed by atoms with Gasteiger partial charge in [-0.15, -0.1) is 5.10 Å². The maximum Gasteiger partial charge on any atom is 0.277 e. The van der Waals surface area contributed by atoms with Gasteiger partial charge in [-0.1, -0.05) is 23.2 Å². The van der Waals surface area contributed by atoms with E-state index in [1.54, 1.807) is 0 Å². The van der Waals surface area contributed by atoms with Gasteiger partial charge >= 0.3 is 0 Å². The van der Waals surface area contributed by atoms with E-state index in [0.717, 1.165) is 6.20 Å². The first-order chi connectivity index (χ1) is 4.20. The Labute approximate surface area is 60.8 Å². The second kappa shape index (κ2) is 2.37. The van der Waals surface area contributed by atoms with Crippen LogP contribution >= 0.6 is 23.2 Å². The van der Waals surface area contributed by atoms with Crippen molar-refractivity contribution in [2.75, 3.05) is 0 Å². The van der Waals surface area contributed by atoms with Gasteiger partial charge in [0.15, 0.2) is 4.54 Å². The number of nitrogens with one attached hydrogen (secondary N) is 1. The first kappa shape index (κ1) is 6.58. The number of nitrogens with zero attached hydrogens (tertiary/aromatic N) is 1. The van der Waals surface area contributed by atoms with Crippen molar-refractivity contribution in [2.45, 2.75) is 0 Å². The van der Waals surface area contributed by atoms with Crippen molar-refractivity contribution in [3.8, 4) is 0 Å². The van der Waals surface area contributed by atoms with Gasteiger partial charge in [0.2, 0.25) is 0 Å². The molecule has 1 aromatic heterocycles. The van der Waals surface area contributed by atoms with Crippen LogP contribution in [0.15, 0.2) is 12.4 Å². The van der Waals surface area contributed by atoms with Crippen LogP contribution in [0, 0.1) is 4.91 Å². The van der Waals surface area contributed by atoms with Crippen molar-refractivity contribution >= 4 is 23.2 Å². The van der Waals surface area contributed by atoms with Crippen molar-refractivity contribution in [3.63, 3.8) is 0 Å². The van der Waals surface area contributed by atoms with Crippen molar-refractivity contribution in [3.05, 3.63) is 27.3 Å². The third kappa shape index (κ3) is 1.43. The molecule has 0 unspecified atom stereocenters. The molecule has 0 amide bonds. The second-order valence-electron chi connectivity index (χ2n) is 1.42. The van der Waals surface area contributed by atoms with E-state index in [0.29, 0.717) is 9.56 Å². The number of aromatic nitrogens is 2. The van der Waals surface area contributed by atoms with E-state index in [1.807, 2.05) is 0 Å². The van der Waals surface area contributed by atoms with E-state index in [4.69, 9.17) is 23.2 Å². The Morgan fingerprint density at radius 3 is 2.56 bits per heavy atom. The number of H-pyrrole nitrogens is 1. The van der Waals surface area contributed by atoms with Gasteiger partial charge in [-0.05, 0) is 0 Å². The predicted molar refractivity (Wildman–Crippen MR) is 34.2 cm³/mol. The number of halogens is 2. The molecule has 1 rings (SSSR count). The van der Waals surface area contributed by atoms with E-state index >= 15 is 0 Å². The largest absolute Gasteiger partial charge is 0.277 e. The van der Waals surface area contributed by atoms with Gasteiger partial charge < -0.3 is 0 Å². The maximum atomic E-state index is 10.4. The van der Waals surface area contributed by atoms with Gasteiger partial charge in [0.1, 0.15) is 5.02 Å². The molecule has 0 aliphatic carbocycles. The highest BCUT2D eigenvalue weighted by Gasteiger charge is 2.00. The molecule has 0 radical (unpaired) electrons. The summed E-state index contributed by atoms with van der Waals surface area (Å²) in [6.07, 6.45) is 2.46. The van der Waals surface area contributed by atoms with E-state index in [2.05, 4.69) is 5.10 Å². The van der Waals surface area contributed by atoms with Gasteiger partial charge in [-0.3, -0.25) is 0 Å². The molecule has 1 N–H and O–H groups in total. The first-order valence-corrected chi connectivity index (χ1v) is 2.91. The zero-order valence-electron chi connectivity index (χ0n) is 4.27. The molecule has 3 nitrogen and oxygen atoms in total. The first-order valence-electron chi connectivity index (χ1n) is 2.16. The fourth-order valence-electron chi connectivity index (χ4n) is 0.391. The van der Waals surface area contributed by atoms with Crippen LogP contribution in [0.5, 0.6) is 0 Å².